The van der Waals surface area contributed by atoms with Gasteiger partial charge in [-0.1, -0.05) is 41.9 Å². The highest BCUT2D eigenvalue weighted by atomic mass is 127. The second-order valence-electron chi connectivity index (χ2n) is 6.60. The zero-order valence-electron chi connectivity index (χ0n) is 15.4. The molecule has 0 radical (unpaired) electrons. The lowest BCUT2D eigenvalue weighted by Gasteiger charge is -2.18. The lowest BCUT2D eigenvalue weighted by Crippen LogP contribution is -2.31. The number of hydrogen-bond acceptors (Lipinski definition) is 3. The number of halogens is 4. The summed E-state index contributed by atoms with van der Waals surface area (Å²) in [7, 11) is 0. The van der Waals surface area contributed by atoms with Crippen molar-refractivity contribution in [3.8, 4) is 6.07 Å². The van der Waals surface area contributed by atoms with Crippen molar-refractivity contribution >= 4 is 40.1 Å². The van der Waals surface area contributed by atoms with Crippen LogP contribution in [0.5, 0.6) is 0 Å². The molecule has 0 spiro atoms. The molecule has 1 aliphatic heterocycles. The third-order valence-electron chi connectivity index (χ3n) is 4.69. The van der Waals surface area contributed by atoms with E-state index in [1.807, 2.05) is 0 Å². The van der Waals surface area contributed by atoms with Crippen molar-refractivity contribution in [3.05, 3.63) is 40.5 Å². The molecule has 8 heteroatoms. The second kappa shape index (κ2) is 9.54. The third-order valence-corrected chi connectivity index (χ3v) is 5.45. The number of alkyl halides is 4. The van der Waals surface area contributed by atoms with Gasteiger partial charge in [-0.2, -0.15) is 18.4 Å². The Morgan fingerprint density at radius 3 is 2.32 bits per heavy atom. The highest BCUT2D eigenvalue weighted by Crippen LogP contribution is 2.36. The van der Waals surface area contributed by atoms with Crippen molar-refractivity contribution in [2.75, 3.05) is 9.33 Å². The van der Waals surface area contributed by atoms with Gasteiger partial charge < -0.3 is 0 Å². The van der Waals surface area contributed by atoms with Crippen LogP contribution in [-0.2, 0) is 15.8 Å². The monoisotopic (exact) mass is 504 g/mol. The molecule has 2 amide bonds. The van der Waals surface area contributed by atoms with E-state index in [0.717, 1.165) is 47.5 Å². The van der Waals surface area contributed by atoms with Crippen LogP contribution in [-0.4, -0.2) is 16.2 Å². The van der Waals surface area contributed by atoms with Gasteiger partial charge in [-0.3, -0.25) is 9.59 Å². The number of benzene rings is 1. The number of nitriles is 1. The first-order valence-electron chi connectivity index (χ1n) is 8.98. The molecule has 1 heterocycles. The maximum Gasteiger partial charge on any atom is 0.417 e. The standard InChI is InChI=1S/C20H20F3IN2O2/c1-13-16(7-5-3-2-4-6-10-24)19(28)26(18(13)27)15-9-8-14(12-25)17(11-15)20(21,22)23/h8-9,11H,2-7,10H2,1H3. The molecule has 1 aromatic carbocycles. The molecule has 0 aliphatic carbocycles. The largest absolute Gasteiger partial charge is 0.417 e. The molecule has 0 atom stereocenters. The Morgan fingerprint density at radius 1 is 1.07 bits per heavy atom. The van der Waals surface area contributed by atoms with E-state index in [4.69, 9.17) is 5.26 Å². The summed E-state index contributed by atoms with van der Waals surface area (Å²) < 4.78 is 40.7. The third kappa shape index (κ3) is 4.93. The van der Waals surface area contributed by atoms with Crippen molar-refractivity contribution < 1.29 is 22.8 Å². The van der Waals surface area contributed by atoms with Crippen LogP contribution in [0.15, 0.2) is 29.3 Å². The van der Waals surface area contributed by atoms with Crippen molar-refractivity contribution in [2.24, 2.45) is 0 Å². The minimum absolute atomic E-state index is 0.169. The van der Waals surface area contributed by atoms with E-state index in [2.05, 4.69) is 22.6 Å². The predicted molar refractivity (Wildman–Crippen MR) is 108 cm³/mol. The van der Waals surface area contributed by atoms with Crippen molar-refractivity contribution in [1.29, 1.82) is 5.26 Å². The quantitative estimate of drug-likeness (QED) is 0.202. The fourth-order valence-electron chi connectivity index (χ4n) is 3.14. The SMILES string of the molecule is CC1=C(CCCCCCCI)C(=O)N(c2ccc(C#N)c(C(F)(F)F)c2)C1=O. The van der Waals surface area contributed by atoms with Crippen LogP contribution < -0.4 is 4.90 Å². The highest BCUT2D eigenvalue weighted by molar-refractivity contribution is 14.1. The van der Waals surface area contributed by atoms with Gasteiger partial charge in [0.2, 0.25) is 0 Å². The topological polar surface area (TPSA) is 61.2 Å². The Hall–Kier alpha value is -1.89. The van der Waals surface area contributed by atoms with Crippen LogP contribution in [0, 0.1) is 11.3 Å². The van der Waals surface area contributed by atoms with Crippen molar-refractivity contribution in [3.63, 3.8) is 0 Å². The van der Waals surface area contributed by atoms with E-state index in [-0.39, 0.29) is 11.3 Å². The minimum Gasteiger partial charge on any atom is -0.269 e. The summed E-state index contributed by atoms with van der Waals surface area (Å²) in [5.74, 6) is -1.18. The summed E-state index contributed by atoms with van der Waals surface area (Å²) in [6.07, 6.45) is 0.673. The first-order valence-corrected chi connectivity index (χ1v) is 10.5. The molecular weight excluding hydrogens is 484 g/mol. The van der Waals surface area contributed by atoms with Gasteiger partial charge in [0.15, 0.2) is 0 Å². The zero-order chi connectivity index (χ0) is 20.9. The Bertz CT molecular complexity index is 841. The number of nitrogens with zero attached hydrogens (tertiary/aromatic N) is 2. The first-order chi connectivity index (χ1) is 13.2. The summed E-state index contributed by atoms with van der Waals surface area (Å²) in [6, 6.07) is 4.36. The molecule has 0 unspecified atom stereocenters. The van der Waals surface area contributed by atoms with E-state index in [1.165, 1.54) is 19.1 Å². The van der Waals surface area contributed by atoms with Gasteiger partial charge in [-0.25, -0.2) is 4.90 Å². The molecule has 150 valence electrons. The highest BCUT2D eigenvalue weighted by Gasteiger charge is 2.39. The summed E-state index contributed by atoms with van der Waals surface area (Å²) in [6.45, 7) is 1.53. The van der Waals surface area contributed by atoms with Gasteiger partial charge >= 0.3 is 6.18 Å². The molecule has 0 N–H and O–H groups in total. The number of anilines is 1. The molecule has 0 saturated heterocycles. The number of imide groups is 1. The average molecular weight is 504 g/mol. The summed E-state index contributed by atoms with van der Waals surface area (Å²) in [5.41, 5.74) is -1.24. The molecule has 0 bridgehead atoms. The van der Waals surface area contributed by atoms with Crippen molar-refractivity contribution in [1.82, 2.24) is 0 Å². The summed E-state index contributed by atoms with van der Waals surface area (Å²) >= 11 is 2.32. The number of carbonyl (C=O) groups excluding carboxylic acids is 2. The Balaban J connectivity index is 2.18. The number of rotatable bonds is 8. The number of unbranched alkanes of at least 4 members (excludes halogenated alkanes) is 4. The number of hydrogen-bond donors (Lipinski definition) is 0. The summed E-state index contributed by atoms with van der Waals surface area (Å²) in [4.78, 5) is 26.0. The lowest BCUT2D eigenvalue weighted by molar-refractivity contribution is -0.138. The maximum absolute atomic E-state index is 13.2. The molecule has 0 saturated carbocycles. The van der Waals surface area contributed by atoms with Crippen LogP contribution in [0.1, 0.15) is 56.6 Å². The van der Waals surface area contributed by atoms with Gasteiger partial charge in [0.25, 0.3) is 11.8 Å². The van der Waals surface area contributed by atoms with Gasteiger partial charge in [0, 0.05) is 11.1 Å². The molecular formula is C20H20F3IN2O2. The van der Waals surface area contributed by atoms with Crippen LogP contribution >= 0.6 is 22.6 Å². The van der Waals surface area contributed by atoms with E-state index in [9.17, 15) is 22.8 Å². The molecule has 0 aromatic heterocycles. The molecule has 2 rings (SSSR count). The maximum atomic E-state index is 13.2. The zero-order valence-corrected chi connectivity index (χ0v) is 17.6. The van der Waals surface area contributed by atoms with Crippen LogP contribution in [0.25, 0.3) is 0 Å². The molecule has 1 aromatic rings. The lowest BCUT2D eigenvalue weighted by atomic mass is 10.0. The van der Waals surface area contributed by atoms with Crippen LogP contribution in [0.4, 0.5) is 18.9 Å². The van der Waals surface area contributed by atoms with Gasteiger partial charge in [0.05, 0.1) is 22.9 Å². The van der Waals surface area contributed by atoms with E-state index in [1.54, 1.807) is 0 Å². The average Bonchev–Trinajstić information content (AvgIpc) is 2.86. The Kier molecular flexibility index (Phi) is 7.63. The van der Waals surface area contributed by atoms with Crippen molar-refractivity contribution in [2.45, 2.75) is 51.6 Å². The fourth-order valence-corrected chi connectivity index (χ4v) is 3.68. The second-order valence-corrected chi connectivity index (χ2v) is 7.67. The molecule has 28 heavy (non-hydrogen) atoms. The fraction of sp³-hybridized carbons (Fsp3) is 0.450. The smallest absolute Gasteiger partial charge is 0.269 e. The van der Waals surface area contributed by atoms with Crippen LogP contribution in [0.3, 0.4) is 0 Å². The molecule has 4 nitrogen and oxygen atoms in total. The Morgan fingerprint density at radius 2 is 1.71 bits per heavy atom. The normalized spacial score (nSPS) is 14.8. The van der Waals surface area contributed by atoms with Gasteiger partial charge in [0.1, 0.15) is 0 Å². The molecule has 1 aliphatic rings. The van der Waals surface area contributed by atoms with Gasteiger partial charge in [-0.15, -0.1) is 0 Å². The van der Waals surface area contributed by atoms with Gasteiger partial charge in [-0.05, 0) is 48.8 Å². The first kappa shape index (κ1) is 22.4. The predicted octanol–water partition coefficient (Wildman–Crippen LogP) is 5.54. The Labute approximate surface area is 175 Å². The molecule has 0 fully saturated rings. The van der Waals surface area contributed by atoms with E-state index < -0.39 is 29.1 Å². The van der Waals surface area contributed by atoms with Crippen LogP contribution in [0.2, 0.25) is 0 Å². The van der Waals surface area contributed by atoms with E-state index in [0.29, 0.717) is 18.1 Å². The number of amides is 2. The van der Waals surface area contributed by atoms with E-state index >= 15 is 0 Å². The summed E-state index contributed by atoms with van der Waals surface area (Å²) in [5, 5.41) is 8.89. The minimum atomic E-state index is -4.75. The number of carbonyl (C=O) groups is 2.